The molecule has 47 valence electrons. The molecule has 1 rings (SSSR count). The number of rotatable bonds is 0. The largest absolute Gasteiger partial charge is 0.398 e. The molecule has 0 aliphatic carbocycles. The lowest BCUT2D eigenvalue weighted by molar-refractivity contribution is 1.60. The van der Waals surface area contributed by atoms with Gasteiger partial charge in [0.1, 0.15) is 0 Å². The minimum Gasteiger partial charge on any atom is -0.398 e. The van der Waals surface area contributed by atoms with Crippen molar-refractivity contribution in [2.75, 3.05) is 5.73 Å². The zero-order valence-corrected chi connectivity index (χ0v) is 5.65. The number of hydrogen-bond donors (Lipinski definition) is 1. The summed E-state index contributed by atoms with van der Waals surface area (Å²) in [7, 11) is 0. The summed E-state index contributed by atoms with van der Waals surface area (Å²) in [6.45, 7) is 3.66. The van der Waals surface area contributed by atoms with E-state index in [9.17, 15) is 0 Å². The first kappa shape index (κ1) is 6.43. The Kier molecular flexibility index (Phi) is 1.63. The Morgan fingerprint density at radius 3 is 2.56 bits per heavy atom. The minimum atomic E-state index is 0.620. The second kappa shape index (κ2) is 2.28. The monoisotopic (exact) mass is 140 g/mol. The van der Waals surface area contributed by atoms with Crippen LogP contribution >= 0.6 is 11.6 Å². The number of halogens is 1. The van der Waals surface area contributed by atoms with Crippen molar-refractivity contribution in [2.24, 2.45) is 0 Å². The summed E-state index contributed by atoms with van der Waals surface area (Å²) < 4.78 is 0. The summed E-state index contributed by atoms with van der Waals surface area (Å²) in [5, 5.41) is 0.620. The molecule has 0 saturated carbocycles. The zero-order valence-electron chi connectivity index (χ0n) is 4.89. The van der Waals surface area contributed by atoms with Crippen LogP contribution in [0.25, 0.3) is 0 Å². The van der Waals surface area contributed by atoms with Crippen molar-refractivity contribution in [3.8, 4) is 0 Å². The van der Waals surface area contributed by atoms with Crippen molar-refractivity contribution >= 4 is 17.3 Å². The highest BCUT2D eigenvalue weighted by Gasteiger charge is 1.94. The first-order valence-electron chi connectivity index (χ1n) is 2.58. The van der Waals surface area contributed by atoms with Crippen LogP contribution in [0.1, 0.15) is 5.56 Å². The maximum Gasteiger partial charge on any atom is 0.0458 e. The molecule has 2 N–H and O–H groups in total. The van der Waals surface area contributed by atoms with Crippen LogP contribution < -0.4 is 5.73 Å². The molecule has 0 bridgehead atoms. The molecule has 0 saturated heterocycles. The van der Waals surface area contributed by atoms with Gasteiger partial charge in [0.2, 0.25) is 0 Å². The highest BCUT2D eigenvalue weighted by Crippen LogP contribution is 2.19. The Bertz CT molecular complexity index is 200. The molecule has 0 aliphatic heterocycles. The summed E-state index contributed by atoms with van der Waals surface area (Å²) >= 11 is 5.67. The van der Waals surface area contributed by atoms with Crippen molar-refractivity contribution in [3.05, 3.63) is 35.7 Å². The summed E-state index contributed by atoms with van der Waals surface area (Å²) in [4.78, 5) is 0. The van der Waals surface area contributed by atoms with Gasteiger partial charge in [-0.05, 0) is 24.6 Å². The van der Waals surface area contributed by atoms with E-state index < -0.39 is 0 Å². The molecule has 9 heavy (non-hydrogen) atoms. The fraction of sp³-hybridized carbons (Fsp3) is 0. The highest BCUT2D eigenvalue weighted by molar-refractivity contribution is 6.31. The molecule has 0 aromatic heterocycles. The van der Waals surface area contributed by atoms with E-state index in [1.54, 1.807) is 18.2 Å². The van der Waals surface area contributed by atoms with Gasteiger partial charge >= 0.3 is 0 Å². The second-order valence-electron chi connectivity index (χ2n) is 1.81. The van der Waals surface area contributed by atoms with Gasteiger partial charge in [0.15, 0.2) is 0 Å². The standard InChI is InChI=1S/C7H7ClN/c1-5-6(8)3-2-4-7(5)9/h2-4H,1,9H2. The van der Waals surface area contributed by atoms with Gasteiger partial charge in [0.05, 0.1) is 0 Å². The van der Waals surface area contributed by atoms with Crippen LogP contribution in [0.3, 0.4) is 0 Å². The summed E-state index contributed by atoms with van der Waals surface area (Å²) in [6.07, 6.45) is 0. The Morgan fingerprint density at radius 2 is 2.11 bits per heavy atom. The molecule has 0 unspecified atom stereocenters. The van der Waals surface area contributed by atoms with Crippen molar-refractivity contribution in [3.63, 3.8) is 0 Å². The maximum absolute atomic E-state index is 5.67. The van der Waals surface area contributed by atoms with Gasteiger partial charge in [-0.1, -0.05) is 17.7 Å². The molecule has 0 atom stereocenters. The normalized spacial score (nSPS) is 9.56. The van der Waals surface area contributed by atoms with Crippen LogP contribution in [0.4, 0.5) is 5.69 Å². The van der Waals surface area contributed by atoms with Crippen molar-refractivity contribution in [2.45, 2.75) is 0 Å². The van der Waals surface area contributed by atoms with Gasteiger partial charge in [0, 0.05) is 10.7 Å². The molecular formula is C7H7ClN. The maximum atomic E-state index is 5.67. The smallest absolute Gasteiger partial charge is 0.0458 e. The molecule has 1 nitrogen and oxygen atoms in total. The Hall–Kier alpha value is -0.690. The quantitative estimate of drug-likeness (QED) is 0.549. The average molecular weight is 141 g/mol. The lowest BCUT2D eigenvalue weighted by atomic mass is 10.2. The average Bonchev–Trinajstić information content (AvgIpc) is 1.83. The Labute approximate surface area is 59.4 Å². The molecule has 0 spiro atoms. The van der Waals surface area contributed by atoms with E-state index in [0.29, 0.717) is 16.3 Å². The lowest BCUT2D eigenvalue weighted by Crippen LogP contribution is -1.87. The van der Waals surface area contributed by atoms with E-state index >= 15 is 0 Å². The molecule has 1 aromatic rings. The van der Waals surface area contributed by atoms with Crippen LogP contribution in [0, 0.1) is 6.92 Å². The molecule has 0 amide bonds. The van der Waals surface area contributed by atoms with E-state index in [0.717, 1.165) is 0 Å². The van der Waals surface area contributed by atoms with Gasteiger partial charge in [0.25, 0.3) is 0 Å². The van der Waals surface area contributed by atoms with Crippen molar-refractivity contribution in [1.29, 1.82) is 0 Å². The fourth-order valence-electron chi connectivity index (χ4n) is 0.575. The van der Waals surface area contributed by atoms with Gasteiger partial charge < -0.3 is 5.73 Å². The topological polar surface area (TPSA) is 26.0 Å². The van der Waals surface area contributed by atoms with E-state index in [1.165, 1.54) is 0 Å². The molecule has 0 aliphatic rings. The van der Waals surface area contributed by atoms with Gasteiger partial charge in [-0.15, -0.1) is 0 Å². The predicted octanol–water partition coefficient (Wildman–Crippen LogP) is 2.10. The third-order valence-corrected chi connectivity index (χ3v) is 1.51. The molecule has 2 heteroatoms. The SMILES string of the molecule is [CH2]c1c(N)cccc1Cl. The van der Waals surface area contributed by atoms with E-state index in [4.69, 9.17) is 17.3 Å². The third-order valence-electron chi connectivity index (χ3n) is 1.16. The van der Waals surface area contributed by atoms with Crippen LogP contribution in [-0.2, 0) is 0 Å². The summed E-state index contributed by atoms with van der Waals surface area (Å²) in [6, 6.07) is 5.33. The zero-order chi connectivity index (χ0) is 6.85. The molecule has 1 aromatic carbocycles. The Morgan fingerprint density at radius 1 is 1.44 bits per heavy atom. The van der Waals surface area contributed by atoms with Crippen LogP contribution in [0.2, 0.25) is 5.02 Å². The van der Waals surface area contributed by atoms with Crippen molar-refractivity contribution in [1.82, 2.24) is 0 Å². The van der Waals surface area contributed by atoms with Gasteiger partial charge in [-0.3, -0.25) is 0 Å². The Balaban J connectivity index is 3.25. The number of benzene rings is 1. The van der Waals surface area contributed by atoms with Gasteiger partial charge in [-0.2, -0.15) is 0 Å². The molecule has 0 heterocycles. The van der Waals surface area contributed by atoms with Crippen molar-refractivity contribution < 1.29 is 0 Å². The van der Waals surface area contributed by atoms with Crippen LogP contribution in [-0.4, -0.2) is 0 Å². The van der Waals surface area contributed by atoms with E-state index in [1.807, 2.05) is 0 Å². The minimum absolute atomic E-state index is 0.620. The molecule has 1 radical (unpaired) electrons. The molecule has 0 fully saturated rings. The van der Waals surface area contributed by atoms with E-state index in [2.05, 4.69) is 6.92 Å². The lowest BCUT2D eigenvalue weighted by Gasteiger charge is -1.98. The highest BCUT2D eigenvalue weighted by atomic mass is 35.5. The number of hydrogen-bond acceptors (Lipinski definition) is 1. The molecular weight excluding hydrogens is 134 g/mol. The summed E-state index contributed by atoms with van der Waals surface area (Å²) in [5.41, 5.74) is 6.82. The predicted molar refractivity (Wildman–Crippen MR) is 40.3 cm³/mol. The third kappa shape index (κ3) is 1.16. The number of nitrogens with two attached hydrogens (primary N) is 1. The first-order valence-corrected chi connectivity index (χ1v) is 2.95. The second-order valence-corrected chi connectivity index (χ2v) is 2.21. The van der Waals surface area contributed by atoms with Crippen LogP contribution in [0.5, 0.6) is 0 Å². The first-order chi connectivity index (χ1) is 4.22. The van der Waals surface area contributed by atoms with Gasteiger partial charge in [-0.25, -0.2) is 0 Å². The fourth-order valence-corrected chi connectivity index (χ4v) is 0.757. The summed E-state index contributed by atoms with van der Waals surface area (Å²) in [5.74, 6) is 0. The number of anilines is 1. The van der Waals surface area contributed by atoms with Crippen LogP contribution in [0.15, 0.2) is 18.2 Å². The number of nitrogen functional groups attached to an aromatic ring is 1. The van der Waals surface area contributed by atoms with E-state index in [-0.39, 0.29) is 0 Å².